The van der Waals surface area contributed by atoms with Crippen molar-refractivity contribution in [1.29, 1.82) is 0 Å². The number of aliphatic carboxylic acids is 1. The summed E-state index contributed by atoms with van der Waals surface area (Å²) in [5, 5.41) is 8.82. The zero-order valence-corrected chi connectivity index (χ0v) is 9.48. The number of rotatable bonds is 1. The van der Waals surface area contributed by atoms with Crippen LogP contribution in [0.15, 0.2) is 0 Å². The summed E-state index contributed by atoms with van der Waals surface area (Å²) in [6.45, 7) is 7.07. The predicted molar refractivity (Wildman–Crippen MR) is 53.6 cm³/mol. The third-order valence-electron chi connectivity index (χ3n) is 2.26. The van der Waals surface area contributed by atoms with Gasteiger partial charge >= 0.3 is 12.1 Å². The van der Waals surface area contributed by atoms with Gasteiger partial charge in [0.25, 0.3) is 0 Å². The maximum Gasteiger partial charge on any atom is 0.411 e. The molecule has 1 amide bonds. The molecule has 0 aromatic heterocycles. The molecule has 1 aliphatic rings. The normalized spacial score (nSPS) is 25.7. The first-order chi connectivity index (χ1) is 6.72. The fourth-order valence-electron chi connectivity index (χ4n) is 1.56. The van der Waals surface area contributed by atoms with Crippen LogP contribution in [-0.4, -0.2) is 39.8 Å². The Morgan fingerprint density at radius 3 is 2.27 bits per heavy atom. The second kappa shape index (κ2) is 3.72. The molecule has 0 unspecified atom stereocenters. The molecule has 0 saturated carbocycles. The lowest BCUT2D eigenvalue weighted by Gasteiger charge is -2.44. The SMILES string of the molecule is C[C@@H]1C[C@H](C(=O)O)N1C(=O)OC(C)(C)C. The molecule has 0 aliphatic carbocycles. The van der Waals surface area contributed by atoms with E-state index in [-0.39, 0.29) is 6.04 Å². The van der Waals surface area contributed by atoms with Gasteiger partial charge in [-0.2, -0.15) is 0 Å². The van der Waals surface area contributed by atoms with E-state index in [0.29, 0.717) is 6.42 Å². The number of amides is 1. The molecule has 0 aromatic carbocycles. The van der Waals surface area contributed by atoms with Crippen LogP contribution in [-0.2, 0) is 9.53 Å². The Kier molecular flexibility index (Phi) is 2.93. The first kappa shape index (κ1) is 11.8. The molecular formula is C10H17NO4. The van der Waals surface area contributed by atoms with Gasteiger partial charge in [0, 0.05) is 6.04 Å². The molecule has 1 rings (SSSR count). The van der Waals surface area contributed by atoms with E-state index >= 15 is 0 Å². The maximum absolute atomic E-state index is 11.6. The monoisotopic (exact) mass is 215 g/mol. The Labute approximate surface area is 89.0 Å². The molecule has 5 heteroatoms. The van der Waals surface area contributed by atoms with Gasteiger partial charge in [-0.3, -0.25) is 4.90 Å². The highest BCUT2D eigenvalue weighted by Gasteiger charge is 2.45. The first-order valence-electron chi connectivity index (χ1n) is 4.96. The molecule has 5 nitrogen and oxygen atoms in total. The van der Waals surface area contributed by atoms with Gasteiger partial charge in [-0.1, -0.05) is 0 Å². The maximum atomic E-state index is 11.6. The van der Waals surface area contributed by atoms with Crippen molar-refractivity contribution >= 4 is 12.1 Å². The van der Waals surface area contributed by atoms with Crippen molar-refractivity contribution < 1.29 is 19.4 Å². The summed E-state index contributed by atoms with van der Waals surface area (Å²) in [6, 6.07) is -0.782. The van der Waals surface area contributed by atoms with Crippen LogP contribution >= 0.6 is 0 Å². The lowest BCUT2D eigenvalue weighted by atomic mass is 9.95. The summed E-state index contributed by atoms with van der Waals surface area (Å²) in [5.41, 5.74) is -0.588. The summed E-state index contributed by atoms with van der Waals surface area (Å²) in [4.78, 5) is 23.6. The van der Waals surface area contributed by atoms with Crippen molar-refractivity contribution in [2.24, 2.45) is 0 Å². The smallest absolute Gasteiger partial charge is 0.411 e. The van der Waals surface area contributed by atoms with Crippen molar-refractivity contribution in [2.45, 2.75) is 51.8 Å². The van der Waals surface area contributed by atoms with Crippen molar-refractivity contribution in [1.82, 2.24) is 4.90 Å². The molecule has 0 aromatic rings. The minimum absolute atomic E-state index is 0.0547. The molecule has 1 heterocycles. The van der Waals surface area contributed by atoms with Crippen LogP contribution in [0.1, 0.15) is 34.1 Å². The van der Waals surface area contributed by atoms with Crippen molar-refractivity contribution in [3.63, 3.8) is 0 Å². The van der Waals surface area contributed by atoms with Gasteiger partial charge < -0.3 is 9.84 Å². The van der Waals surface area contributed by atoms with Crippen LogP contribution in [0, 0.1) is 0 Å². The Morgan fingerprint density at radius 2 is 1.93 bits per heavy atom. The lowest BCUT2D eigenvalue weighted by molar-refractivity contribution is -0.150. The highest BCUT2D eigenvalue weighted by molar-refractivity contribution is 5.82. The van der Waals surface area contributed by atoms with Gasteiger partial charge in [-0.25, -0.2) is 9.59 Å². The number of carboxylic acids is 1. The zero-order chi connectivity index (χ0) is 11.8. The number of carbonyl (C=O) groups is 2. The van der Waals surface area contributed by atoms with Crippen LogP contribution in [0.5, 0.6) is 0 Å². The van der Waals surface area contributed by atoms with Gasteiger partial charge in [0.15, 0.2) is 0 Å². The van der Waals surface area contributed by atoms with Crippen LogP contribution in [0.3, 0.4) is 0 Å². The molecule has 2 atom stereocenters. The molecule has 1 N–H and O–H groups in total. The first-order valence-corrected chi connectivity index (χ1v) is 4.96. The Bertz CT molecular complexity index is 282. The van der Waals surface area contributed by atoms with Crippen LogP contribution in [0.25, 0.3) is 0 Å². The Balaban J connectivity index is 2.62. The number of carbonyl (C=O) groups excluding carboxylic acids is 1. The molecule has 1 aliphatic heterocycles. The summed E-state index contributed by atoms with van der Waals surface area (Å²) in [7, 11) is 0. The lowest BCUT2D eigenvalue weighted by Crippen LogP contribution is -2.61. The summed E-state index contributed by atoms with van der Waals surface area (Å²) < 4.78 is 5.12. The number of carboxylic acid groups (broad SMARTS) is 1. The number of hydrogen-bond acceptors (Lipinski definition) is 3. The van der Waals surface area contributed by atoms with E-state index in [4.69, 9.17) is 9.84 Å². The van der Waals surface area contributed by atoms with E-state index in [0.717, 1.165) is 0 Å². The molecule has 0 spiro atoms. The summed E-state index contributed by atoms with van der Waals surface area (Å²) in [5.74, 6) is -0.973. The fraction of sp³-hybridized carbons (Fsp3) is 0.800. The number of ether oxygens (including phenoxy) is 1. The van der Waals surface area contributed by atoms with Gasteiger partial charge in [0.2, 0.25) is 0 Å². The van der Waals surface area contributed by atoms with E-state index in [9.17, 15) is 9.59 Å². The molecule has 0 radical (unpaired) electrons. The van der Waals surface area contributed by atoms with Crippen LogP contribution in [0.4, 0.5) is 4.79 Å². The highest BCUT2D eigenvalue weighted by Crippen LogP contribution is 2.27. The van der Waals surface area contributed by atoms with Crippen molar-refractivity contribution in [3.8, 4) is 0 Å². The average molecular weight is 215 g/mol. The summed E-state index contributed by atoms with van der Waals surface area (Å²) in [6.07, 6.45) is -0.0529. The molecule has 86 valence electrons. The van der Waals surface area contributed by atoms with Crippen molar-refractivity contribution in [2.75, 3.05) is 0 Å². The second-order valence-corrected chi connectivity index (χ2v) is 4.83. The number of likely N-dealkylation sites (tertiary alicyclic amines) is 1. The molecule has 0 bridgehead atoms. The van der Waals surface area contributed by atoms with Gasteiger partial charge in [0.05, 0.1) is 0 Å². The second-order valence-electron chi connectivity index (χ2n) is 4.83. The largest absolute Gasteiger partial charge is 0.480 e. The standard InChI is InChI=1S/C10H17NO4/c1-6-5-7(8(12)13)11(6)9(14)15-10(2,3)4/h6-7H,5H2,1-4H3,(H,12,13)/t6-,7-/m1/s1. The summed E-state index contributed by atoms with van der Waals surface area (Å²) >= 11 is 0. The fourth-order valence-corrected chi connectivity index (χ4v) is 1.56. The Hall–Kier alpha value is -1.26. The van der Waals surface area contributed by atoms with E-state index in [1.807, 2.05) is 6.92 Å². The molecule has 1 fully saturated rings. The number of nitrogens with zero attached hydrogens (tertiary/aromatic N) is 1. The van der Waals surface area contributed by atoms with E-state index in [1.54, 1.807) is 20.8 Å². The van der Waals surface area contributed by atoms with E-state index in [1.165, 1.54) is 4.90 Å². The van der Waals surface area contributed by atoms with Crippen molar-refractivity contribution in [3.05, 3.63) is 0 Å². The third kappa shape index (κ3) is 2.61. The topological polar surface area (TPSA) is 66.8 Å². The minimum atomic E-state index is -0.973. The number of hydrogen-bond donors (Lipinski definition) is 1. The highest BCUT2D eigenvalue weighted by atomic mass is 16.6. The van der Waals surface area contributed by atoms with Crippen LogP contribution < -0.4 is 0 Å². The Morgan fingerprint density at radius 1 is 1.40 bits per heavy atom. The van der Waals surface area contributed by atoms with Crippen LogP contribution in [0.2, 0.25) is 0 Å². The zero-order valence-electron chi connectivity index (χ0n) is 9.48. The molecule has 1 saturated heterocycles. The van der Waals surface area contributed by atoms with Gasteiger partial charge in [-0.05, 0) is 34.1 Å². The predicted octanol–water partition coefficient (Wildman–Crippen LogP) is 1.47. The van der Waals surface area contributed by atoms with Gasteiger partial charge in [0.1, 0.15) is 11.6 Å². The molecular weight excluding hydrogens is 198 g/mol. The average Bonchev–Trinajstić information content (AvgIpc) is 1.94. The van der Waals surface area contributed by atoms with E-state index in [2.05, 4.69) is 0 Å². The van der Waals surface area contributed by atoms with Gasteiger partial charge in [-0.15, -0.1) is 0 Å². The quantitative estimate of drug-likeness (QED) is 0.719. The van der Waals surface area contributed by atoms with E-state index < -0.39 is 23.7 Å². The minimum Gasteiger partial charge on any atom is -0.480 e. The third-order valence-corrected chi connectivity index (χ3v) is 2.26. The molecule has 15 heavy (non-hydrogen) atoms.